The Bertz CT molecular complexity index is 1340. The fourth-order valence-corrected chi connectivity index (χ4v) is 5.64. The average Bonchev–Trinajstić information content (AvgIpc) is 2.97. The van der Waals surface area contributed by atoms with E-state index in [9.17, 15) is 33.4 Å². The van der Waals surface area contributed by atoms with E-state index in [2.05, 4.69) is 9.88 Å². The van der Waals surface area contributed by atoms with Crippen molar-refractivity contribution in [1.29, 1.82) is 0 Å². The van der Waals surface area contributed by atoms with Gasteiger partial charge in [-0.15, -0.1) is 0 Å². The number of hydrogen-bond donors (Lipinski definition) is 4. The lowest BCUT2D eigenvalue weighted by Crippen LogP contribution is -2.48. The molecule has 1 atom stereocenters. The van der Waals surface area contributed by atoms with Gasteiger partial charge in [0.25, 0.3) is 0 Å². The average molecular weight is 562 g/mol. The number of aliphatic hydroxyl groups excluding tert-OH is 2. The van der Waals surface area contributed by atoms with Gasteiger partial charge in [0.1, 0.15) is 11.6 Å². The highest BCUT2D eigenvalue weighted by atomic mass is 19.2. The van der Waals surface area contributed by atoms with Gasteiger partial charge in [-0.05, 0) is 93.6 Å². The lowest BCUT2D eigenvalue weighted by molar-refractivity contribution is -0.143. The molecule has 2 aromatic carbocycles. The second-order valence-electron chi connectivity index (χ2n) is 10.3. The first-order valence-electron chi connectivity index (χ1n) is 13.3. The fraction of sp³-hybridized carbons (Fsp3) is 0.448. The van der Waals surface area contributed by atoms with Gasteiger partial charge in [0.05, 0.1) is 30.8 Å². The molecule has 1 saturated heterocycles. The van der Waals surface area contributed by atoms with Crippen molar-refractivity contribution in [2.75, 3.05) is 26.7 Å². The maximum Gasteiger partial charge on any atom is 0.249 e. The lowest BCUT2D eigenvalue weighted by atomic mass is 9.73. The molecular formula is C29H34F3N3O5. The molecule has 0 unspecified atom stereocenters. The molecule has 2 heterocycles. The number of hydrogen-bond acceptors (Lipinski definition) is 7. The fourth-order valence-electron chi connectivity index (χ4n) is 5.64. The minimum atomic E-state index is -1.21. The summed E-state index contributed by atoms with van der Waals surface area (Å²) in [6.07, 6.45) is 2.44. The van der Waals surface area contributed by atoms with Gasteiger partial charge in [0.15, 0.2) is 11.6 Å². The van der Waals surface area contributed by atoms with Gasteiger partial charge in [-0.2, -0.15) is 0 Å². The Kier molecular flexibility index (Phi) is 9.62. The van der Waals surface area contributed by atoms with Crippen molar-refractivity contribution in [2.45, 2.75) is 51.2 Å². The number of methoxy groups -OCH3 is 1. The number of nitrogens with zero attached hydrogens (tertiary/aromatic N) is 2. The number of fused-ring (bicyclic) bond motifs is 1. The number of pyridine rings is 1. The molecule has 11 heteroatoms. The summed E-state index contributed by atoms with van der Waals surface area (Å²) in [5.41, 5.74) is 2.46. The molecule has 0 saturated carbocycles. The Morgan fingerprint density at radius 3 is 2.60 bits per heavy atom. The zero-order chi connectivity index (χ0) is 28.9. The number of carbonyl (C=O) groups excluding carboxylic acids is 1. The van der Waals surface area contributed by atoms with Gasteiger partial charge in [-0.1, -0.05) is 0 Å². The second kappa shape index (κ2) is 12.9. The van der Waals surface area contributed by atoms with E-state index in [0.29, 0.717) is 72.7 Å². The van der Waals surface area contributed by atoms with E-state index >= 15 is 0 Å². The number of amides is 1. The molecule has 0 radical (unpaired) electrons. The van der Waals surface area contributed by atoms with Crippen LogP contribution in [0.3, 0.4) is 0 Å². The number of aryl methyl sites for hydroxylation is 1. The van der Waals surface area contributed by atoms with Crippen LogP contribution in [0.5, 0.6) is 5.75 Å². The Morgan fingerprint density at radius 2 is 1.93 bits per heavy atom. The van der Waals surface area contributed by atoms with Crippen molar-refractivity contribution < 1.29 is 38.1 Å². The van der Waals surface area contributed by atoms with Gasteiger partial charge in [0, 0.05) is 23.2 Å². The van der Waals surface area contributed by atoms with Crippen LogP contribution >= 0.6 is 0 Å². The second-order valence-corrected chi connectivity index (χ2v) is 10.3. The first-order chi connectivity index (χ1) is 19.2. The molecule has 8 nitrogen and oxygen atoms in total. The van der Waals surface area contributed by atoms with Crippen LogP contribution in [0.4, 0.5) is 13.2 Å². The number of carbonyl (C=O) groups is 1. The summed E-state index contributed by atoms with van der Waals surface area (Å²) in [5.74, 6) is -3.02. The van der Waals surface area contributed by atoms with Crippen molar-refractivity contribution in [3.8, 4) is 5.75 Å². The molecule has 1 aliphatic heterocycles. The van der Waals surface area contributed by atoms with Crippen LogP contribution in [-0.2, 0) is 17.8 Å². The maximum atomic E-state index is 14.0. The van der Waals surface area contributed by atoms with Gasteiger partial charge in [0.2, 0.25) is 5.91 Å². The van der Waals surface area contributed by atoms with E-state index in [4.69, 9.17) is 4.74 Å². The molecule has 0 spiro atoms. The number of piperidine rings is 1. The third-order valence-electron chi connectivity index (χ3n) is 7.98. The molecule has 216 valence electrons. The summed E-state index contributed by atoms with van der Waals surface area (Å²) in [4.78, 5) is 19.3. The third-order valence-corrected chi connectivity index (χ3v) is 7.98. The van der Waals surface area contributed by atoms with Gasteiger partial charge in [-0.25, -0.2) is 18.7 Å². The predicted octanol–water partition coefficient (Wildman–Crippen LogP) is 4.19. The van der Waals surface area contributed by atoms with Crippen molar-refractivity contribution in [1.82, 2.24) is 15.4 Å². The molecule has 4 rings (SSSR count). The highest BCUT2D eigenvalue weighted by Crippen LogP contribution is 2.40. The van der Waals surface area contributed by atoms with Crippen LogP contribution in [-0.4, -0.2) is 58.0 Å². The molecule has 4 N–H and O–H groups in total. The largest absolute Gasteiger partial charge is 0.497 e. The Labute approximate surface area is 230 Å². The minimum Gasteiger partial charge on any atom is -0.497 e. The summed E-state index contributed by atoms with van der Waals surface area (Å²) >= 11 is 0. The third kappa shape index (κ3) is 6.38. The van der Waals surface area contributed by atoms with Crippen molar-refractivity contribution in [3.05, 3.63) is 70.7 Å². The number of nitrogens with one attached hydrogen (secondary N) is 1. The van der Waals surface area contributed by atoms with Crippen LogP contribution in [0.15, 0.2) is 36.5 Å². The predicted molar refractivity (Wildman–Crippen MR) is 141 cm³/mol. The van der Waals surface area contributed by atoms with Crippen molar-refractivity contribution >= 4 is 16.8 Å². The Hall–Kier alpha value is -3.25. The smallest absolute Gasteiger partial charge is 0.249 e. The number of halogens is 3. The van der Waals surface area contributed by atoms with Crippen LogP contribution < -0.4 is 10.2 Å². The Balaban J connectivity index is 1.42. The normalized spacial score (nSPS) is 16.2. The van der Waals surface area contributed by atoms with Crippen LogP contribution in [0, 0.1) is 22.9 Å². The molecular weight excluding hydrogens is 527 g/mol. The van der Waals surface area contributed by atoms with Crippen LogP contribution in [0.2, 0.25) is 0 Å². The summed E-state index contributed by atoms with van der Waals surface area (Å²) in [6, 6.07) is 6.79. The van der Waals surface area contributed by atoms with E-state index in [-0.39, 0.29) is 31.4 Å². The minimum absolute atomic E-state index is 0.0130. The highest BCUT2D eigenvalue weighted by Gasteiger charge is 2.41. The summed E-state index contributed by atoms with van der Waals surface area (Å²) in [5, 5.41) is 31.3. The number of hydroxylamine groups is 1. The number of rotatable bonds is 11. The molecule has 1 fully saturated rings. The summed E-state index contributed by atoms with van der Waals surface area (Å²) in [7, 11) is 1.53. The summed E-state index contributed by atoms with van der Waals surface area (Å²) in [6.45, 7) is 1.25. The number of aromatic nitrogens is 1. The van der Waals surface area contributed by atoms with E-state index in [0.717, 1.165) is 6.07 Å². The van der Waals surface area contributed by atoms with Gasteiger partial charge < -0.3 is 19.8 Å². The molecule has 1 aromatic heterocycles. The number of aliphatic hydroxyl groups is 2. The first kappa shape index (κ1) is 29.7. The Morgan fingerprint density at radius 1 is 1.18 bits per heavy atom. The van der Waals surface area contributed by atoms with Gasteiger partial charge in [-0.3, -0.25) is 15.0 Å². The molecule has 3 aromatic rings. The zero-order valence-electron chi connectivity index (χ0n) is 22.3. The van der Waals surface area contributed by atoms with E-state index < -0.39 is 34.9 Å². The molecule has 1 aliphatic rings. The first-order valence-corrected chi connectivity index (χ1v) is 13.3. The van der Waals surface area contributed by atoms with Crippen LogP contribution in [0.25, 0.3) is 10.9 Å². The van der Waals surface area contributed by atoms with Crippen molar-refractivity contribution in [2.24, 2.45) is 5.41 Å². The van der Waals surface area contributed by atoms with E-state index in [1.54, 1.807) is 23.7 Å². The number of likely N-dealkylation sites (tertiary alicyclic amines) is 1. The number of ether oxygens (including phenoxy) is 1. The highest BCUT2D eigenvalue weighted by molar-refractivity contribution is 5.85. The standard InChI is InChI=1S/C29H34F3N3O5/c1-40-21-4-5-24-22(15-21)26(19(17-36)16-33-24)25(37)6-7-29(28(38)34-39)8-11-35(12-9-29)10-2-3-18-13-20(30)14-23(31)27(18)32/h4-5,13-16,25,36-37,39H,2-3,6-12,17H2,1H3,(H,34,38)/t25-/m1/s1. The number of benzene rings is 2. The quantitative estimate of drug-likeness (QED) is 0.158. The monoisotopic (exact) mass is 561 g/mol. The molecule has 0 aliphatic carbocycles. The zero-order valence-corrected chi connectivity index (χ0v) is 22.3. The van der Waals surface area contributed by atoms with E-state index in [1.807, 2.05) is 0 Å². The maximum absolute atomic E-state index is 14.0. The van der Waals surface area contributed by atoms with Crippen LogP contribution in [0.1, 0.15) is 54.9 Å². The molecule has 40 heavy (non-hydrogen) atoms. The van der Waals surface area contributed by atoms with Crippen molar-refractivity contribution in [3.63, 3.8) is 0 Å². The molecule has 0 bridgehead atoms. The van der Waals surface area contributed by atoms with Gasteiger partial charge >= 0.3 is 0 Å². The summed E-state index contributed by atoms with van der Waals surface area (Å²) < 4.78 is 46.2. The SMILES string of the molecule is COc1ccc2ncc(CO)c([C@H](O)CCC3(C(=O)NO)CCN(CCCc4cc(F)cc(F)c4F)CC3)c2c1. The topological polar surface area (TPSA) is 115 Å². The molecule has 1 amide bonds. The lowest BCUT2D eigenvalue weighted by Gasteiger charge is -2.40. The van der Waals surface area contributed by atoms with E-state index in [1.165, 1.54) is 13.3 Å².